The molecule has 1 atom stereocenters. The van der Waals surface area contributed by atoms with E-state index < -0.39 is 26.9 Å². The van der Waals surface area contributed by atoms with Crippen LogP contribution in [0.4, 0.5) is 18.9 Å². The molecule has 0 radical (unpaired) electrons. The van der Waals surface area contributed by atoms with Crippen molar-refractivity contribution in [1.82, 2.24) is 14.5 Å². The number of aromatic nitrogens is 2. The van der Waals surface area contributed by atoms with Crippen molar-refractivity contribution in [2.45, 2.75) is 23.7 Å². The largest absolute Gasteiger partial charge is 0.487 e. The third-order valence-corrected chi connectivity index (χ3v) is 7.06. The van der Waals surface area contributed by atoms with Gasteiger partial charge in [-0.1, -0.05) is 23.2 Å². The summed E-state index contributed by atoms with van der Waals surface area (Å²) in [6, 6.07) is 8.42. The van der Waals surface area contributed by atoms with Crippen LogP contribution in [0.2, 0.25) is 10.2 Å². The van der Waals surface area contributed by atoms with Gasteiger partial charge >= 0.3 is 6.18 Å². The zero-order valence-corrected chi connectivity index (χ0v) is 20.0. The van der Waals surface area contributed by atoms with Crippen LogP contribution in [-0.2, 0) is 16.2 Å². The lowest BCUT2D eigenvalue weighted by atomic mass is 10.2. The Labute approximate surface area is 204 Å². The van der Waals surface area contributed by atoms with E-state index in [-0.39, 0.29) is 22.6 Å². The fraction of sp³-hybridized carbons (Fsp3) is 0.286. The van der Waals surface area contributed by atoms with Crippen molar-refractivity contribution in [2.24, 2.45) is 0 Å². The first kappa shape index (κ1) is 24.6. The van der Waals surface area contributed by atoms with Gasteiger partial charge in [-0.25, -0.2) is 4.98 Å². The van der Waals surface area contributed by atoms with Crippen molar-refractivity contribution in [1.29, 1.82) is 0 Å². The maximum absolute atomic E-state index is 13.2. The molecule has 1 saturated heterocycles. The molecule has 1 unspecified atom stereocenters. The molecule has 3 aromatic rings. The van der Waals surface area contributed by atoms with Gasteiger partial charge in [0, 0.05) is 25.4 Å². The summed E-state index contributed by atoms with van der Waals surface area (Å²) in [4.78, 5) is 5.96. The van der Waals surface area contributed by atoms with Gasteiger partial charge in [-0.05, 0) is 49.9 Å². The van der Waals surface area contributed by atoms with E-state index in [0.717, 1.165) is 23.6 Å². The van der Waals surface area contributed by atoms with E-state index in [1.54, 1.807) is 0 Å². The van der Waals surface area contributed by atoms with Gasteiger partial charge in [0.15, 0.2) is 5.03 Å². The molecular formula is C21H19Cl2F3N4O3S. The number of benzene rings is 1. The number of halogens is 5. The fourth-order valence-corrected chi connectivity index (χ4v) is 5.16. The second-order valence-corrected chi connectivity index (χ2v) is 10.2. The van der Waals surface area contributed by atoms with E-state index in [9.17, 15) is 21.6 Å². The number of hydrogen-bond donors (Lipinski definition) is 1. The molecule has 2 aromatic heterocycles. The molecule has 4 rings (SSSR count). The lowest BCUT2D eigenvalue weighted by Gasteiger charge is -2.17. The number of nitrogens with zero attached hydrogens (tertiary/aromatic N) is 3. The highest BCUT2D eigenvalue weighted by atomic mass is 35.5. The molecule has 13 heteroatoms. The summed E-state index contributed by atoms with van der Waals surface area (Å²) in [5.41, 5.74) is -0.877. The van der Waals surface area contributed by atoms with Gasteiger partial charge in [-0.2, -0.15) is 21.6 Å². The number of anilines is 1. The van der Waals surface area contributed by atoms with Gasteiger partial charge in [-0.15, -0.1) is 0 Å². The third-order valence-electron chi connectivity index (χ3n) is 5.17. The normalized spacial score (nSPS) is 17.2. The Kier molecular flexibility index (Phi) is 6.74. The van der Waals surface area contributed by atoms with Gasteiger partial charge in [-0.3, -0.25) is 9.29 Å². The van der Waals surface area contributed by atoms with Gasteiger partial charge in [0.25, 0.3) is 10.0 Å². The molecule has 3 heterocycles. The zero-order chi connectivity index (χ0) is 24.7. The highest BCUT2D eigenvalue weighted by Gasteiger charge is 2.32. The van der Waals surface area contributed by atoms with Gasteiger partial charge < -0.3 is 9.64 Å². The summed E-state index contributed by atoms with van der Waals surface area (Å²) in [5.74, 6) is 0.0274. The Morgan fingerprint density at radius 3 is 2.62 bits per heavy atom. The quantitative estimate of drug-likeness (QED) is 0.446. The van der Waals surface area contributed by atoms with Crippen LogP contribution in [0, 0.1) is 0 Å². The van der Waals surface area contributed by atoms with Gasteiger partial charge in [0.05, 0.1) is 16.3 Å². The van der Waals surface area contributed by atoms with E-state index in [2.05, 4.69) is 14.6 Å². The number of sulfonamides is 1. The average Bonchev–Trinajstić information content (AvgIpc) is 3.39. The minimum atomic E-state index is -4.68. The van der Waals surface area contributed by atoms with Crippen molar-refractivity contribution in [3.63, 3.8) is 0 Å². The number of nitrogens with one attached hydrogen (secondary N) is 1. The monoisotopic (exact) mass is 534 g/mol. The van der Waals surface area contributed by atoms with E-state index in [4.69, 9.17) is 27.9 Å². The molecule has 0 saturated carbocycles. The summed E-state index contributed by atoms with van der Waals surface area (Å²) >= 11 is 12.0. The van der Waals surface area contributed by atoms with E-state index in [1.807, 2.05) is 7.05 Å². The fourth-order valence-electron chi connectivity index (χ4n) is 3.58. The highest BCUT2D eigenvalue weighted by molar-refractivity contribution is 7.92. The van der Waals surface area contributed by atoms with Gasteiger partial charge in [0.1, 0.15) is 22.8 Å². The molecule has 0 amide bonds. The molecule has 34 heavy (non-hydrogen) atoms. The van der Waals surface area contributed by atoms with E-state index in [1.165, 1.54) is 36.5 Å². The maximum atomic E-state index is 13.2. The van der Waals surface area contributed by atoms with Crippen LogP contribution in [0.15, 0.2) is 53.7 Å². The molecular weight excluding hydrogens is 516 g/mol. The number of likely N-dealkylation sites (N-methyl/N-ethyl adjacent to an activating group) is 1. The number of rotatable bonds is 6. The minimum absolute atomic E-state index is 0.0803. The predicted octanol–water partition coefficient (Wildman–Crippen LogP) is 5.08. The summed E-state index contributed by atoms with van der Waals surface area (Å²) in [6.45, 7) is 1.59. The van der Waals surface area contributed by atoms with Crippen LogP contribution in [0.3, 0.4) is 0 Å². The number of likely N-dealkylation sites (tertiary alicyclic amines) is 1. The number of alkyl halides is 3. The van der Waals surface area contributed by atoms with Crippen LogP contribution < -0.4 is 9.46 Å². The summed E-state index contributed by atoms with van der Waals surface area (Å²) in [6.07, 6.45) is -2.67. The molecule has 0 aliphatic carbocycles. The van der Waals surface area contributed by atoms with Crippen LogP contribution in [0.1, 0.15) is 12.0 Å². The average molecular weight is 535 g/mol. The molecule has 1 fully saturated rings. The standard InChI is InChI=1S/C21H19Cl2F3N4O3S/c1-29-8-6-15(12-29)33-17-11-14(4-5-16(17)22)28-34(31,32)20-3-2-7-30(20)19-10-13(21(24,25)26)9-18(23)27-19/h2-5,7,9-11,15,28H,6,8,12H2,1H3. The Balaban J connectivity index is 1.62. The van der Waals surface area contributed by atoms with Gasteiger partial charge in [0.2, 0.25) is 0 Å². The maximum Gasteiger partial charge on any atom is 0.416 e. The second-order valence-electron chi connectivity index (χ2n) is 7.79. The SMILES string of the molecule is CN1CCC(Oc2cc(NS(=O)(=O)c3cccn3-c3cc(C(F)(F)F)cc(Cl)n3)ccc2Cl)C1. The smallest absolute Gasteiger partial charge is 0.416 e. The van der Waals surface area contributed by atoms with Crippen molar-refractivity contribution in [3.05, 3.63) is 64.4 Å². The molecule has 0 bridgehead atoms. The summed E-state index contributed by atoms with van der Waals surface area (Å²) < 4.78 is 75.2. The first-order valence-electron chi connectivity index (χ1n) is 10.0. The highest BCUT2D eigenvalue weighted by Crippen LogP contribution is 2.33. The van der Waals surface area contributed by atoms with E-state index >= 15 is 0 Å². The second kappa shape index (κ2) is 9.29. The topological polar surface area (TPSA) is 76.5 Å². The van der Waals surface area contributed by atoms with Crippen molar-refractivity contribution < 1.29 is 26.3 Å². The molecule has 0 spiro atoms. The Hall–Kier alpha value is -2.47. The Bertz CT molecular complexity index is 1310. The van der Waals surface area contributed by atoms with Crippen LogP contribution in [0.5, 0.6) is 5.75 Å². The van der Waals surface area contributed by atoms with Crippen LogP contribution in [0.25, 0.3) is 5.82 Å². The van der Waals surface area contributed by atoms with Crippen LogP contribution >= 0.6 is 23.2 Å². The lowest BCUT2D eigenvalue weighted by molar-refractivity contribution is -0.137. The molecule has 7 nitrogen and oxygen atoms in total. The lowest BCUT2D eigenvalue weighted by Crippen LogP contribution is -2.21. The molecule has 1 aliphatic rings. The number of pyridine rings is 1. The van der Waals surface area contributed by atoms with Crippen molar-refractivity contribution >= 4 is 38.9 Å². The molecule has 1 aliphatic heterocycles. The first-order chi connectivity index (χ1) is 15.9. The van der Waals surface area contributed by atoms with Crippen LogP contribution in [-0.4, -0.2) is 49.1 Å². The summed E-state index contributed by atoms with van der Waals surface area (Å²) in [7, 11) is -2.26. The Morgan fingerprint density at radius 2 is 1.94 bits per heavy atom. The summed E-state index contributed by atoms with van der Waals surface area (Å²) in [5, 5.41) is -0.430. The zero-order valence-electron chi connectivity index (χ0n) is 17.7. The molecule has 1 N–H and O–H groups in total. The predicted molar refractivity (Wildman–Crippen MR) is 122 cm³/mol. The minimum Gasteiger partial charge on any atom is -0.487 e. The third kappa shape index (κ3) is 5.43. The number of ether oxygens (including phenoxy) is 1. The first-order valence-corrected chi connectivity index (χ1v) is 12.3. The van der Waals surface area contributed by atoms with Crippen molar-refractivity contribution in [2.75, 3.05) is 24.9 Å². The van der Waals surface area contributed by atoms with Crippen molar-refractivity contribution in [3.8, 4) is 11.6 Å². The molecule has 1 aromatic carbocycles. The van der Waals surface area contributed by atoms with E-state index in [0.29, 0.717) is 23.4 Å². The Morgan fingerprint density at radius 1 is 1.18 bits per heavy atom. The number of hydrogen-bond acceptors (Lipinski definition) is 5. The molecule has 182 valence electrons.